The van der Waals surface area contributed by atoms with E-state index in [2.05, 4.69) is 0 Å². The van der Waals surface area contributed by atoms with Crippen LogP contribution in [0.25, 0.3) is 0 Å². The van der Waals surface area contributed by atoms with Crippen molar-refractivity contribution in [2.75, 3.05) is 0 Å². The van der Waals surface area contributed by atoms with Gasteiger partial charge in [-0.05, 0) is 23.6 Å². The number of carbonyl (C=O) groups is 1. The van der Waals surface area contributed by atoms with Crippen LogP contribution in [0.15, 0.2) is 18.2 Å². The van der Waals surface area contributed by atoms with Gasteiger partial charge in [-0.1, -0.05) is 50.0 Å². The van der Waals surface area contributed by atoms with Gasteiger partial charge in [-0.25, -0.2) is 0 Å². The maximum absolute atomic E-state index is 11.9. The minimum absolute atomic E-state index is 0.0618. The number of rotatable bonds is 4. The number of ketones is 1. The van der Waals surface area contributed by atoms with E-state index in [4.69, 9.17) is 23.2 Å². The molecule has 16 heavy (non-hydrogen) atoms. The Hall–Kier alpha value is -0.530. The van der Waals surface area contributed by atoms with Gasteiger partial charge in [-0.15, -0.1) is 0 Å². The Balaban J connectivity index is 2.77. The first-order valence-electron chi connectivity index (χ1n) is 5.38. The molecule has 1 unspecified atom stereocenters. The number of halogens is 2. The number of benzene rings is 1. The van der Waals surface area contributed by atoms with Crippen LogP contribution in [0.4, 0.5) is 0 Å². The van der Waals surface area contributed by atoms with Crippen molar-refractivity contribution in [3.05, 3.63) is 33.8 Å². The summed E-state index contributed by atoms with van der Waals surface area (Å²) in [5.74, 6) is 0.643. The smallest absolute Gasteiger partial charge is 0.140 e. The molecule has 1 aromatic carbocycles. The SMILES string of the molecule is CC(C)C(C)C(=O)Cc1ccc(Cl)cc1Cl. The monoisotopic (exact) mass is 258 g/mol. The average Bonchev–Trinajstić information content (AvgIpc) is 2.20. The summed E-state index contributed by atoms with van der Waals surface area (Å²) in [4.78, 5) is 11.9. The molecule has 88 valence electrons. The predicted octanol–water partition coefficient (Wildman–Crippen LogP) is 4.40. The van der Waals surface area contributed by atoms with Gasteiger partial charge in [0.2, 0.25) is 0 Å². The van der Waals surface area contributed by atoms with Crippen LogP contribution < -0.4 is 0 Å². The quantitative estimate of drug-likeness (QED) is 0.783. The van der Waals surface area contributed by atoms with Crippen LogP contribution in [-0.2, 0) is 11.2 Å². The fourth-order valence-electron chi connectivity index (χ4n) is 1.39. The second-order valence-corrected chi connectivity index (χ2v) is 5.26. The van der Waals surface area contributed by atoms with E-state index >= 15 is 0 Å². The summed E-state index contributed by atoms with van der Waals surface area (Å²) in [5, 5.41) is 1.16. The van der Waals surface area contributed by atoms with Gasteiger partial charge in [0.1, 0.15) is 5.78 Å². The fraction of sp³-hybridized carbons (Fsp3) is 0.462. The van der Waals surface area contributed by atoms with Crippen LogP contribution >= 0.6 is 23.2 Å². The molecule has 1 rings (SSSR count). The maximum Gasteiger partial charge on any atom is 0.140 e. The Bertz CT molecular complexity index is 386. The highest BCUT2D eigenvalue weighted by atomic mass is 35.5. The van der Waals surface area contributed by atoms with Crippen LogP contribution in [0.3, 0.4) is 0 Å². The minimum Gasteiger partial charge on any atom is -0.299 e. The Morgan fingerprint density at radius 3 is 2.38 bits per heavy atom. The van der Waals surface area contributed by atoms with Gasteiger partial charge >= 0.3 is 0 Å². The summed E-state index contributed by atoms with van der Waals surface area (Å²) in [6, 6.07) is 5.25. The third kappa shape index (κ3) is 3.50. The third-order valence-corrected chi connectivity index (χ3v) is 3.47. The Morgan fingerprint density at radius 1 is 1.25 bits per heavy atom. The van der Waals surface area contributed by atoms with Gasteiger partial charge < -0.3 is 0 Å². The predicted molar refractivity (Wildman–Crippen MR) is 69.2 cm³/mol. The summed E-state index contributed by atoms with van der Waals surface area (Å²) in [6.45, 7) is 6.05. The first kappa shape index (κ1) is 13.5. The molecule has 0 saturated heterocycles. The standard InChI is InChI=1S/C13H16Cl2O/c1-8(2)9(3)13(16)6-10-4-5-11(14)7-12(10)15/h4-5,7-9H,6H2,1-3H3. The van der Waals surface area contributed by atoms with Crippen molar-refractivity contribution in [3.8, 4) is 0 Å². The summed E-state index contributed by atoms with van der Waals surface area (Å²) >= 11 is 11.8. The van der Waals surface area contributed by atoms with Crippen molar-refractivity contribution in [2.45, 2.75) is 27.2 Å². The number of Topliss-reactive ketones (excluding diaryl/α,β-unsaturated/α-hetero) is 1. The first-order chi connectivity index (χ1) is 7.41. The van der Waals surface area contributed by atoms with Gasteiger partial charge in [0.25, 0.3) is 0 Å². The highest BCUT2D eigenvalue weighted by molar-refractivity contribution is 6.35. The molecule has 0 aliphatic rings. The molecule has 0 heterocycles. The molecular formula is C13H16Cl2O. The lowest BCUT2D eigenvalue weighted by Gasteiger charge is -2.14. The molecule has 0 aromatic heterocycles. The van der Waals surface area contributed by atoms with E-state index in [-0.39, 0.29) is 11.7 Å². The van der Waals surface area contributed by atoms with Crippen LogP contribution in [0.2, 0.25) is 10.0 Å². The summed E-state index contributed by atoms with van der Waals surface area (Å²) < 4.78 is 0. The fourth-order valence-corrected chi connectivity index (χ4v) is 1.86. The molecule has 1 atom stereocenters. The summed E-state index contributed by atoms with van der Waals surface area (Å²) in [7, 11) is 0. The average molecular weight is 259 g/mol. The molecule has 0 spiro atoms. The molecule has 0 N–H and O–H groups in total. The van der Waals surface area contributed by atoms with Crippen molar-refractivity contribution >= 4 is 29.0 Å². The summed E-state index contributed by atoms with van der Waals surface area (Å²) in [6.07, 6.45) is 0.384. The van der Waals surface area contributed by atoms with Crippen LogP contribution in [0, 0.1) is 11.8 Å². The number of hydrogen-bond acceptors (Lipinski definition) is 1. The lowest BCUT2D eigenvalue weighted by Crippen LogP contribution is -2.18. The Morgan fingerprint density at radius 2 is 1.88 bits per heavy atom. The second kappa shape index (κ2) is 5.70. The minimum atomic E-state index is 0.0618. The van der Waals surface area contributed by atoms with E-state index in [9.17, 15) is 4.79 Å². The first-order valence-corrected chi connectivity index (χ1v) is 6.14. The lowest BCUT2D eigenvalue weighted by molar-refractivity contribution is -0.122. The number of hydrogen-bond donors (Lipinski definition) is 0. The molecule has 0 fully saturated rings. The molecule has 3 heteroatoms. The van der Waals surface area contributed by atoms with Crippen molar-refractivity contribution in [2.24, 2.45) is 11.8 Å². The normalized spacial score (nSPS) is 12.9. The van der Waals surface area contributed by atoms with Gasteiger partial charge in [0.05, 0.1) is 0 Å². The van der Waals surface area contributed by atoms with E-state index in [1.165, 1.54) is 0 Å². The lowest BCUT2D eigenvalue weighted by atomic mass is 9.90. The van der Waals surface area contributed by atoms with Crippen molar-refractivity contribution < 1.29 is 4.79 Å². The van der Waals surface area contributed by atoms with Crippen LogP contribution in [0.1, 0.15) is 26.3 Å². The van der Waals surface area contributed by atoms with Crippen molar-refractivity contribution in [3.63, 3.8) is 0 Å². The van der Waals surface area contributed by atoms with Gasteiger partial charge in [0.15, 0.2) is 0 Å². The van der Waals surface area contributed by atoms with E-state index < -0.39 is 0 Å². The molecular weight excluding hydrogens is 243 g/mol. The molecule has 0 amide bonds. The molecule has 0 bridgehead atoms. The van der Waals surface area contributed by atoms with E-state index in [1.54, 1.807) is 12.1 Å². The zero-order valence-corrected chi connectivity index (χ0v) is 11.3. The van der Waals surface area contributed by atoms with Gasteiger partial charge in [-0.3, -0.25) is 4.79 Å². The topological polar surface area (TPSA) is 17.1 Å². The van der Waals surface area contributed by atoms with Crippen LogP contribution in [-0.4, -0.2) is 5.78 Å². The largest absolute Gasteiger partial charge is 0.299 e. The van der Waals surface area contributed by atoms with E-state index in [0.717, 1.165) is 5.56 Å². The Kier molecular flexibility index (Phi) is 4.82. The zero-order chi connectivity index (χ0) is 12.3. The second-order valence-electron chi connectivity index (χ2n) is 4.41. The Labute approximate surface area is 107 Å². The highest BCUT2D eigenvalue weighted by Crippen LogP contribution is 2.23. The molecule has 0 aliphatic heterocycles. The summed E-state index contributed by atoms with van der Waals surface area (Å²) in [5.41, 5.74) is 0.851. The highest BCUT2D eigenvalue weighted by Gasteiger charge is 2.17. The van der Waals surface area contributed by atoms with Crippen LogP contribution in [0.5, 0.6) is 0 Å². The van der Waals surface area contributed by atoms with E-state index in [1.807, 2.05) is 26.8 Å². The molecule has 0 radical (unpaired) electrons. The van der Waals surface area contributed by atoms with Crippen molar-refractivity contribution in [1.29, 1.82) is 0 Å². The van der Waals surface area contributed by atoms with E-state index in [0.29, 0.717) is 22.4 Å². The molecule has 1 aromatic rings. The molecule has 0 saturated carbocycles. The van der Waals surface area contributed by atoms with Gasteiger partial charge in [-0.2, -0.15) is 0 Å². The number of carbonyl (C=O) groups excluding carboxylic acids is 1. The molecule has 0 aliphatic carbocycles. The molecule has 1 nitrogen and oxygen atoms in total. The zero-order valence-electron chi connectivity index (χ0n) is 9.76. The maximum atomic E-state index is 11.9. The third-order valence-electron chi connectivity index (χ3n) is 2.89. The van der Waals surface area contributed by atoms with Crippen molar-refractivity contribution in [1.82, 2.24) is 0 Å². The van der Waals surface area contributed by atoms with Gasteiger partial charge in [0, 0.05) is 22.4 Å².